The lowest BCUT2D eigenvalue weighted by molar-refractivity contribution is 0.0885. The second kappa shape index (κ2) is 5.37. The number of rotatable bonds is 4. The van der Waals surface area contributed by atoms with Gasteiger partial charge < -0.3 is 10.2 Å². The van der Waals surface area contributed by atoms with Gasteiger partial charge in [0.15, 0.2) is 0 Å². The van der Waals surface area contributed by atoms with Crippen LogP contribution in [0.4, 0.5) is 0 Å². The summed E-state index contributed by atoms with van der Waals surface area (Å²) in [4.78, 5) is 0. The number of halogens is 1. The molecule has 1 atom stereocenters. The Bertz CT molecular complexity index is 263. The van der Waals surface area contributed by atoms with Crippen LogP contribution in [0.1, 0.15) is 12.0 Å². The highest BCUT2D eigenvalue weighted by molar-refractivity contribution is 9.10. The van der Waals surface area contributed by atoms with Gasteiger partial charge in [0, 0.05) is 4.47 Å². The second-order valence-electron chi connectivity index (χ2n) is 2.97. The summed E-state index contributed by atoms with van der Waals surface area (Å²) in [5.74, 6) is 0. The zero-order chi connectivity index (χ0) is 9.68. The summed E-state index contributed by atoms with van der Waals surface area (Å²) in [5.41, 5.74) is 1.16. The SMILES string of the molecule is OCC(O)CCc1ccccc1Br. The van der Waals surface area contributed by atoms with Gasteiger partial charge in [-0.2, -0.15) is 0 Å². The molecule has 1 aromatic carbocycles. The van der Waals surface area contributed by atoms with Crippen LogP contribution in [-0.2, 0) is 6.42 Å². The molecular weight excluding hydrogens is 232 g/mol. The Morgan fingerprint density at radius 2 is 2.00 bits per heavy atom. The summed E-state index contributed by atoms with van der Waals surface area (Å²) in [5, 5.41) is 17.8. The van der Waals surface area contributed by atoms with Gasteiger partial charge >= 0.3 is 0 Å². The zero-order valence-corrected chi connectivity index (χ0v) is 8.87. The molecule has 0 aromatic heterocycles. The zero-order valence-electron chi connectivity index (χ0n) is 7.28. The fourth-order valence-corrected chi connectivity index (χ4v) is 1.60. The first kappa shape index (κ1) is 10.7. The fourth-order valence-electron chi connectivity index (χ4n) is 1.11. The standard InChI is InChI=1S/C10H13BrO2/c11-10-4-2-1-3-8(10)5-6-9(13)7-12/h1-4,9,12-13H,5-7H2. The number of aliphatic hydroxyl groups is 2. The van der Waals surface area contributed by atoms with Gasteiger partial charge in [-0.3, -0.25) is 0 Å². The summed E-state index contributed by atoms with van der Waals surface area (Å²) in [6.45, 7) is -0.162. The topological polar surface area (TPSA) is 40.5 Å². The monoisotopic (exact) mass is 244 g/mol. The van der Waals surface area contributed by atoms with Crippen molar-refractivity contribution >= 4 is 15.9 Å². The number of aliphatic hydroxyl groups excluding tert-OH is 2. The van der Waals surface area contributed by atoms with E-state index < -0.39 is 6.10 Å². The van der Waals surface area contributed by atoms with Crippen LogP contribution in [0.2, 0.25) is 0 Å². The minimum atomic E-state index is -0.605. The van der Waals surface area contributed by atoms with Gasteiger partial charge in [0.1, 0.15) is 0 Å². The van der Waals surface area contributed by atoms with Crippen LogP contribution in [0.5, 0.6) is 0 Å². The van der Waals surface area contributed by atoms with Crippen LogP contribution >= 0.6 is 15.9 Å². The van der Waals surface area contributed by atoms with Gasteiger partial charge in [-0.1, -0.05) is 34.1 Å². The predicted molar refractivity (Wildman–Crippen MR) is 55.6 cm³/mol. The quantitative estimate of drug-likeness (QED) is 0.848. The molecule has 0 spiro atoms. The maximum absolute atomic E-state index is 9.14. The van der Waals surface area contributed by atoms with Gasteiger partial charge in [-0.15, -0.1) is 0 Å². The van der Waals surface area contributed by atoms with Crippen molar-refractivity contribution in [3.05, 3.63) is 34.3 Å². The molecule has 0 radical (unpaired) electrons. The summed E-state index contributed by atoms with van der Waals surface area (Å²) < 4.78 is 1.06. The van der Waals surface area contributed by atoms with Crippen LogP contribution < -0.4 is 0 Å². The van der Waals surface area contributed by atoms with Crippen molar-refractivity contribution in [3.8, 4) is 0 Å². The first-order chi connectivity index (χ1) is 6.24. The number of benzene rings is 1. The molecule has 0 aliphatic rings. The Hall–Kier alpha value is -0.380. The molecule has 0 amide bonds. The van der Waals surface area contributed by atoms with E-state index in [1.807, 2.05) is 24.3 Å². The maximum Gasteiger partial charge on any atom is 0.0774 e. The summed E-state index contributed by atoms with van der Waals surface area (Å²) >= 11 is 3.42. The van der Waals surface area contributed by atoms with E-state index in [1.54, 1.807) is 0 Å². The van der Waals surface area contributed by atoms with Gasteiger partial charge in [-0.05, 0) is 24.5 Å². The molecule has 1 aromatic rings. The molecule has 0 aliphatic carbocycles. The van der Waals surface area contributed by atoms with Crippen molar-refractivity contribution in [2.75, 3.05) is 6.61 Å². The van der Waals surface area contributed by atoms with E-state index in [0.717, 1.165) is 16.5 Å². The Labute approximate surface area is 86.3 Å². The van der Waals surface area contributed by atoms with Gasteiger partial charge in [0.25, 0.3) is 0 Å². The van der Waals surface area contributed by atoms with Crippen LogP contribution in [0, 0.1) is 0 Å². The largest absolute Gasteiger partial charge is 0.394 e. The van der Waals surface area contributed by atoms with Crippen LogP contribution in [-0.4, -0.2) is 22.9 Å². The highest BCUT2D eigenvalue weighted by atomic mass is 79.9. The van der Waals surface area contributed by atoms with Crippen molar-refractivity contribution in [1.29, 1.82) is 0 Å². The molecule has 1 unspecified atom stereocenters. The average molecular weight is 245 g/mol. The molecule has 0 bridgehead atoms. The normalized spacial score (nSPS) is 12.8. The van der Waals surface area contributed by atoms with E-state index >= 15 is 0 Å². The van der Waals surface area contributed by atoms with E-state index in [9.17, 15) is 0 Å². The molecule has 1 rings (SSSR count). The molecule has 3 heteroatoms. The third-order valence-corrected chi connectivity index (χ3v) is 2.69. The smallest absolute Gasteiger partial charge is 0.0774 e. The Morgan fingerprint density at radius 1 is 1.31 bits per heavy atom. The Kier molecular flexibility index (Phi) is 4.42. The van der Waals surface area contributed by atoms with Gasteiger partial charge in [0.2, 0.25) is 0 Å². The van der Waals surface area contributed by atoms with Crippen molar-refractivity contribution in [2.24, 2.45) is 0 Å². The lowest BCUT2D eigenvalue weighted by Gasteiger charge is -2.07. The molecule has 72 valence electrons. The molecular formula is C10H13BrO2. The molecule has 0 heterocycles. The molecule has 2 nitrogen and oxygen atoms in total. The maximum atomic E-state index is 9.14. The number of aryl methyl sites for hydroxylation is 1. The van der Waals surface area contributed by atoms with Crippen molar-refractivity contribution in [2.45, 2.75) is 18.9 Å². The first-order valence-corrected chi connectivity index (χ1v) is 5.05. The second-order valence-corrected chi connectivity index (χ2v) is 3.82. The van der Waals surface area contributed by atoms with Crippen molar-refractivity contribution in [1.82, 2.24) is 0 Å². The third-order valence-electron chi connectivity index (χ3n) is 1.92. The first-order valence-electron chi connectivity index (χ1n) is 4.26. The average Bonchev–Trinajstić information content (AvgIpc) is 2.16. The highest BCUT2D eigenvalue weighted by Crippen LogP contribution is 2.17. The molecule has 0 fully saturated rings. The van der Waals surface area contributed by atoms with Crippen molar-refractivity contribution in [3.63, 3.8) is 0 Å². The van der Waals surface area contributed by atoms with Crippen LogP contribution in [0.15, 0.2) is 28.7 Å². The summed E-state index contributed by atoms with van der Waals surface area (Å²) in [7, 11) is 0. The van der Waals surface area contributed by atoms with Crippen molar-refractivity contribution < 1.29 is 10.2 Å². The molecule has 0 saturated heterocycles. The van der Waals surface area contributed by atoms with Crippen LogP contribution in [0.25, 0.3) is 0 Å². The fraction of sp³-hybridized carbons (Fsp3) is 0.400. The van der Waals surface area contributed by atoms with E-state index in [0.29, 0.717) is 6.42 Å². The number of hydrogen-bond donors (Lipinski definition) is 2. The minimum Gasteiger partial charge on any atom is -0.394 e. The summed E-state index contributed by atoms with van der Waals surface area (Å²) in [6, 6.07) is 7.90. The number of hydrogen-bond acceptors (Lipinski definition) is 2. The Morgan fingerprint density at radius 3 is 2.62 bits per heavy atom. The van der Waals surface area contributed by atoms with Gasteiger partial charge in [-0.25, -0.2) is 0 Å². The molecule has 2 N–H and O–H groups in total. The van der Waals surface area contributed by atoms with Crippen LogP contribution in [0.3, 0.4) is 0 Å². The van der Waals surface area contributed by atoms with E-state index in [4.69, 9.17) is 10.2 Å². The Balaban J connectivity index is 2.50. The minimum absolute atomic E-state index is 0.162. The highest BCUT2D eigenvalue weighted by Gasteiger charge is 2.04. The lowest BCUT2D eigenvalue weighted by Crippen LogP contribution is -2.12. The van der Waals surface area contributed by atoms with E-state index in [2.05, 4.69) is 15.9 Å². The van der Waals surface area contributed by atoms with E-state index in [1.165, 1.54) is 0 Å². The molecule has 13 heavy (non-hydrogen) atoms. The van der Waals surface area contributed by atoms with E-state index in [-0.39, 0.29) is 6.61 Å². The molecule has 0 aliphatic heterocycles. The summed E-state index contributed by atoms with van der Waals surface area (Å²) in [6.07, 6.45) is 0.773. The van der Waals surface area contributed by atoms with Gasteiger partial charge in [0.05, 0.1) is 12.7 Å². The molecule has 0 saturated carbocycles. The third kappa shape index (κ3) is 3.46. The lowest BCUT2D eigenvalue weighted by atomic mass is 10.1. The predicted octanol–water partition coefficient (Wildman–Crippen LogP) is 1.73.